The van der Waals surface area contributed by atoms with Crippen LogP contribution in [0.3, 0.4) is 0 Å². The molecule has 29 heavy (non-hydrogen) atoms. The number of aromatic nitrogens is 1. The van der Waals surface area contributed by atoms with Crippen molar-refractivity contribution in [1.82, 2.24) is 14.5 Å². The van der Waals surface area contributed by atoms with E-state index in [4.69, 9.17) is 0 Å². The van der Waals surface area contributed by atoms with Crippen molar-refractivity contribution >= 4 is 16.9 Å². The summed E-state index contributed by atoms with van der Waals surface area (Å²) < 4.78 is 1.85. The average Bonchev–Trinajstić information content (AvgIpc) is 3.03. The molecule has 0 bridgehead atoms. The molecule has 1 aromatic heterocycles. The van der Waals surface area contributed by atoms with Gasteiger partial charge in [-0.2, -0.15) is 0 Å². The fourth-order valence-corrected chi connectivity index (χ4v) is 5.58. The zero-order valence-corrected chi connectivity index (χ0v) is 18.1. The van der Waals surface area contributed by atoms with Gasteiger partial charge in [-0.15, -0.1) is 0 Å². The van der Waals surface area contributed by atoms with E-state index >= 15 is 0 Å². The molecule has 1 fully saturated rings. The summed E-state index contributed by atoms with van der Waals surface area (Å²) in [6, 6.07) is 6.76. The summed E-state index contributed by atoms with van der Waals surface area (Å²) in [5, 5.41) is 12.0. The van der Waals surface area contributed by atoms with E-state index in [1.54, 1.807) is 11.8 Å². The number of urea groups is 1. The minimum atomic E-state index is -0.655. The molecular weight excluding hydrogens is 364 g/mol. The summed E-state index contributed by atoms with van der Waals surface area (Å²) >= 11 is 0. The van der Waals surface area contributed by atoms with Crippen molar-refractivity contribution in [3.63, 3.8) is 0 Å². The number of benzene rings is 1. The van der Waals surface area contributed by atoms with Gasteiger partial charge in [-0.1, -0.05) is 19.1 Å². The largest absolute Gasteiger partial charge is 0.387 e. The van der Waals surface area contributed by atoms with Gasteiger partial charge in [0.25, 0.3) is 0 Å². The third-order valence-electron chi connectivity index (χ3n) is 6.93. The molecule has 1 unspecified atom stereocenters. The van der Waals surface area contributed by atoms with Gasteiger partial charge in [0.1, 0.15) is 0 Å². The molecular formula is C23H34N4O2. The SMILES string of the molecule is CCN(CC)C(=O)Nn1c(C(C)O)c2c3c(cccc31)[C@H]1CCCN(CC)[C@@H]1C2. The number of carbonyl (C=O) groups is 1. The van der Waals surface area contributed by atoms with E-state index in [-0.39, 0.29) is 6.03 Å². The van der Waals surface area contributed by atoms with Crippen LogP contribution in [0, 0.1) is 0 Å². The lowest BCUT2D eigenvalue weighted by molar-refractivity contribution is 0.129. The van der Waals surface area contributed by atoms with Crippen LogP contribution < -0.4 is 5.43 Å². The maximum atomic E-state index is 12.8. The summed E-state index contributed by atoms with van der Waals surface area (Å²) in [6.45, 7) is 11.5. The summed E-state index contributed by atoms with van der Waals surface area (Å²) in [7, 11) is 0. The summed E-state index contributed by atoms with van der Waals surface area (Å²) in [6.07, 6.45) is 2.71. The molecule has 1 aliphatic heterocycles. The molecule has 2 heterocycles. The van der Waals surface area contributed by atoms with Gasteiger partial charge in [0.2, 0.25) is 0 Å². The Hall–Kier alpha value is -2.05. The number of nitrogens with one attached hydrogen (secondary N) is 1. The third kappa shape index (κ3) is 3.22. The van der Waals surface area contributed by atoms with Gasteiger partial charge in [-0.3, -0.25) is 9.58 Å². The van der Waals surface area contributed by atoms with Crippen molar-refractivity contribution in [1.29, 1.82) is 0 Å². The Morgan fingerprint density at radius 2 is 2.07 bits per heavy atom. The number of fused-ring (bicyclic) bond motifs is 2. The maximum absolute atomic E-state index is 12.8. The van der Waals surface area contributed by atoms with Crippen molar-refractivity contribution in [3.8, 4) is 0 Å². The van der Waals surface area contributed by atoms with E-state index < -0.39 is 6.10 Å². The molecule has 0 spiro atoms. The standard InChI is InChI=1S/C23H34N4O2/c1-5-25(6-2)23(29)24-27-19-12-8-10-17-16-11-9-13-26(7-3)20(16)14-18(21(17)19)22(27)15(4)28/h8,10,12,15-16,20,28H,5-7,9,11,13-14H2,1-4H3,(H,24,29)/t15?,16-,20-/m1/s1. The van der Waals surface area contributed by atoms with Crippen LogP contribution in [0.1, 0.15) is 69.4 Å². The van der Waals surface area contributed by atoms with E-state index in [0.717, 1.165) is 30.7 Å². The number of nitrogens with zero attached hydrogens (tertiary/aromatic N) is 3. The number of likely N-dealkylation sites (tertiary alicyclic amines) is 1. The van der Waals surface area contributed by atoms with Crippen molar-refractivity contribution in [2.75, 3.05) is 31.6 Å². The number of hydrogen-bond donors (Lipinski definition) is 2. The zero-order chi connectivity index (χ0) is 20.7. The molecule has 1 saturated heterocycles. The topological polar surface area (TPSA) is 60.7 Å². The Labute approximate surface area is 173 Å². The Balaban J connectivity index is 1.87. The molecule has 6 heteroatoms. The molecule has 4 rings (SSSR count). The minimum absolute atomic E-state index is 0.127. The Morgan fingerprint density at radius 1 is 1.31 bits per heavy atom. The first-order valence-corrected chi connectivity index (χ1v) is 11.2. The number of carbonyl (C=O) groups excluding carboxylic acids is 1. The third-order valence-corrected chi connectivity index (χ3v) is 6.93. The van der Waals surface area contributed by atoms with Crippen molar-refractivity contribution in [2.45, 2.75) is 65.0 Å². The van der Waals surface area contributed by atoms with Crippen molar-refractivity contribution in [3.05, 3.63) is 35.0 Å². The molecule has 1 aromatic carbocycles. The van der Waals surface area contributed by atoms with Gasteiger partial charge >= 0.3 is 6.03 Å². The number of amides is 2. The predicted molar refractivity (Wildman–Crippen MR) is 117 cm³/mol. The second-order valence-corrected chi connectivity index (χ2v) is 8.35. The number of aliphatic hydroxyl groups is 1. The Bertz CT molecular complexity index is 900. The first-order chi connectivity index (χ1) is 14.0. The Kier molecular flexibility index (Phi) is 5.58. The molecule has 2 aliphatic rings. The van der Waals surface area contributed by atoms with Gasteiger partial charge in [0, 0.05) is 30.4 Å². The van der Waals surface area contributed by atoms with Gasteiger partial charge in [-0.25, -0.2) is 10.2 Å². The molecule has 3 atom stereocenters. The first kappa shape index (κ1) is 20.2. The van der Waals surface area contributed by atoms with Gasteiger partial charge in [-0.05, 0) is 70.3 Å². The average molecular weight is 399 g/mol. The van der Waals surface area contributed by atoms with Crippen molar-refractivity contribution in [2.24, 2.45) is 0 Å². The van der Waals surface area contributed by atoms with Crippen LogP contribution >= 0.6 is 0 Å². The zero-order valence-electron chi connectivity index (χ0n) is 18.1. The molecule has 2 N–H and O–H groups in total. The lowest BCUT2D eigenvalue weighted by atomic mass is 9.74. The predicted octanol–water partition coefficient (Wildman–Crippen LogP) is 3.82. The van der Waals surface area contributed by atoms with Crippen LogP contribution in [0.2, 0.25) is 0 Å². The second-order valence-electron chi connectivity index (χ2n) is 8.35. The van der Waals surface area contributed by atoms with Crippen LogP contribution in [-0.2, 0) is 6.42 Å². The van der Waals surface area contributed by atoms with Crippen LogP contribution in [0.4, 0.5) is 4.79 Å². The highest BCUT2D eigenvalue weighted by atomic mass is 16.3. The first-order valence-electron chi connectivity index (χ1n) is 11.2. The normalized spacial score (nSPS) is 22.4. The van der Waals surface area contributed by atoms with Gasteiger partial charge in [0.05, 0.1) is 17.3 Å². The fourth-order valence-electron chi connectivity index (χ4n) is 5.58. The van der Waals surface area contributed by atoms with E-state index in [1.165, 1.54) is 29.4 Å². The number of aliphatic hydroxyl groups excluding tert-OH is 1. The highest BCUT2D eigenvalue weighted by Crippen LogP contribution is 2.46. The van der Waals surface area contributed by atoms with Crippen LogP contribution in [0.25, 0.3) is 10.9 Å². The Morgan fingerprint density at radius 3 is 2.72 bits per heavy atom. The fraction of sp³-hybridized carbons (Fsp3) is 0.609. The molecule has 2 amide bonds. The number of piperidine rings is 1. The van der Waals surface area contributed by atoms with Gasteiger partial charge < -0.3 is 10.0 Å². The quantitative estimate of drug-likeness (QED) is 0.805. The number of likely N-dealkylation sites (N-methyl/N-ethyl adjacent to an activating group) is 1. The smallest absolute Gasteiger partial charge is 0.336 e. The molecule has 0 radical (unpaired) electrons. The summed E-state index contributed by atoms with van der Waals surface area (Å²) in [5.41, 5.74) is 7.49. The van der Waals surface area contributed by atoms with Crippen LogP contribution in [0.5, 0.6) is 0 Å². The number of rotatable bonds is 5. The molecule has 2 aromatic rings. The monoisotopic (exact) mass is 398 g/mol. The van der Waals surface area contributed by atoms with E-state index in [0.29, 0.717) is 25.0 Å². The molecule has 0 saturated carbocycles. The van der Waals surface area contributed by atoms with E-state index in [1.807, 2.05) is 18.5 Å². The van der Waals surface area contributed by atoms with E-state index in [2.05, 4.69) is 35.4 Å². The minimum Gasteiger partial charge on any atom is -0.387 e. The molecule has 158 valence electrons. The molecule has 1 aliphatic carbocycles. The highest BCUT2D eigenvalue weighted by molar-refractivity contribution is 5.93. The van der Waals surface area contributed by atoms with Crippen molar-refractivity contribution < 1.29 is 9.90 Å². The molecule has 6 nitrogen and oxygen atoms in total. The second kappa shape index (κ2) is 8.00. The van der Waals surface area contributed by atoms with Crippen LogP contribution in [0.15, 0.2) is 18.2 Å². The van der Waals surface area contributed by atoms with Gasteiger partial charge in [0.15, 0.2) is 0 Å². The summed E-state index contributed by atoms with van der Waals surface area (Å²) in [4.78, 5) is 17.2. The lowest BCUT2D eigenvalue weighted by Crippen LogP contribution is -2.46. The summed E-state index contributed by atoms with van der Waals surface area (Å²) in [5.74, 6) is 0.524. The van der Waals surface area contributed by atoms with Crippen LogP contribution in [-0.4, -0.2) is 57.8 Å². The maximum Gasteiger partial charge on any atom is 0.336 e. The number of hydrogen-bond acceptors (Lipinski definition) is 3. The lowest BCUT2D eigenvalue weighted by Gasteiger charge is -2.44. The highest BCUT2D eigenvalue weighted by Gasteiger charge is 2.39. The van der Waals surface area contributed by atoms with E-state index in [9.17, 15) is 9.90 Å².